The fourth-order valence-electron chi connectivity index (χ4n) is 2.69. The fourth-order valence-corrected chi connectivity index (χ4v) is 2.91. The molecule has 3 rings (SSSR count). The van der Waals surface area contributed by atoms with Crippen molar-refractivity contribution < 1.29 is 9.59 Å². The molecule has 0 spiro atoms. The van der Waals surface area contributed by atoms with Gasteiger partial charge in [0.05, 0.1) is 16.6 Å². The predicted molar refractivity (Wildman–Crippen MR) is 90.9 cm³/mol. The third kappa shape index (κ3) is 3.37. The van der Waals surface area contributed by atoms with E-state index >= 15 is 0 Å². The molecular weight excluding hydrogens is 312 g/mol. The topological polar surface area (TPSA) is 49.4 Å². The standard InChI is InChI=1S/C18H17ClN2O2/c1-12-6-8-14(9-7-12)21-11-13(10-17(21)22)20-18(23)15-4-2-3-5-16(15)19/h2-9,13H,10-11H2,1H3,(H,20,23). The average molecular weight is 329 g/mol. The number of anilines is 1. The molecular formula is C18H17ClN2O2. The second-order valence-electron chi connectivity index (χ2n) is 5.69. The Kier molecular flexibility index (Phi) is 4.35. The van der Waals surface area contributed by atoms with Crippen LogP contribution in [0.5, 0.6) is 0 Å². The van der Waals surface area contributed by atoms with E-state index in [0.29, 0.717) is 23.6 Å². The second-order valence-corrected chi connectivity index (χ2v) is 6.10. The number of amides is 2. The Morgan fingerprint density at radius 3 is 2.57 bits per heavy atom. The van der Waals surface area contributed by atoms with Crippen LogP contribution in [0.25, 0.3) is 0 Å². The number of rotatable bonds is 3. The maximum absolute atomic E-state index is 12.3. The Balaban J connectivity index is 1.69. The lowest BCUT2D eigenvalue weighted by atomic mass is 10.2. The van der Waals surface area contributed by atoms with Crippen molar-refractivity contribution in [3.8, 4) is 0 Å². The Labute approximate surface area is 140 Å². The van der Waals surface area contributed by atoms with Crippen LogP contribution in [0.2, 0.25) is 5.02 Å². The molecule has 1 unspecified atom stereocenters. The van der Waals surface area contributed by atoms with Gasteiger partial charge in [0.15, 0.2) is 0 Å². The molecule has 118 valence electrons. The Bertz CT molecular complexity index is 743. The lowest BCUT2D eigenvalue weighted by Crippen LogP contribution is -2.37. The molecule has 1 N–H and O–H groups in total. The van der Waals surface area contributed by atoms with Crippen LogP contribution in [0, 0.1) is 6.92 Å². The molecule has 2 aromatic carbocycles. The van der Waals surface area contributed by atoms with Gasteiger partial charge in [-0.2, -0.15) is 0 Å². The van der Waals surface area contributed by atoms with E-state index in [4.69, 9.17) is 11.6 Å². The molecule has 2 amide bonds. The SMILES string of the molecule is Cc1ccc(N2CC(NC(=O)c3ccccc3Cl)CC2=O)cc1. The fraction of sp³-hybridized carbons (Fsp3) is 0.222. The van der Waals surface area contributed by atoms with E-state index in [9.17, 15) is 9.59 Å². The summed E-state index contributed by atoms with van der Waals surface area (Å²) in [7, 11) is 0. The third-order valence-corrected chi connectivity index (χ3v) is 4.25. The van der Waals surface area contributed by atoms with E-state index in [1.807, 2.05) is 31.2 Å². The van der Waals surface area contributed by atoms with E-state index in [2.05, 4.69) is 5.32 Å². The van der Waals surface area contributed by atoms with Crippen LogP contribution in [0.1, 0.15) is 22.3 Å². The smallest absolute Gasteiger partial charge is 0.253 e. The summed E-state index contributed by atoms with van der Waals surface area (Å²) in [5.74, 6) is -0.238. The van der Waals surface area contributed by atoms with Crippen molar-refractivity contribution in [2.45, 2.75) is 19.4 Å². The van der Waals surface area contributed by atoms with E-state index in [1.165, 1.54) is 0 Å². The highest BCUT2D eigenvalue weighted by Crippen LogP contribution is 2.22. The van der Waals surface area contributed by atoms with Gasteiger partial charge in [0, 0.05) is 18.7 Å². The quantitative estimate of drug-likeness (QED) is 0.940. The van der Waals surface area contributed by atoms with Crippen LogP contribution in [0.3, 0.4) is 0 Å². The largest absolute Gasteiger partial charge is 0.347 e. The summed E-state index contributed by atoms with van der Waals surface area (Å²) in [6.45, 7) is 2.47. The molecule has 1 heterocycles. The zero-order valence-corrected chi connectivity index (χ0v) is 13.5. The van der Waals surface area contributed by atoms with Gasteiger partial charge in [-0.1, -0.05) is 41.4 Å². The number of carbonyl (C=O) groups is 2. The molecule has 0 aliphatic carbocycles. The second kappa shape index (κ2) is 6.42. The first-order valence-electron chi connectivity index (χ1n) is 7.47. The molecule has 0 radical (unpaired) electrons. The van der Waals surface area contributed by atoms with Gasteiger partial charge in [0.25, 0.3) is 5.91 Å². The highest BCUT2D eigenvalue weighted by Gasteiger charge is 2.31. The maximum Gasteiger partial charge on any atom is 0.253 e. The molecule has 0 bridgehead atoms. The summed E-state index contributed by atoms with van der Waals surface area (Å²) < 4.78 is 0. The van der Waals surface area contributed by atoms with Gasteiger partial charge in [0.2, 0.25) is 5.91 Å². The van der Waals surface area contributed by atoms with E-state index in [0.717, 1.165) is 11.3 Å². The van der Waals surface area contributed by atoms with Crippen LogP contribution < -0.4 is 10.2 Å². The van der Waals surface area contributed by atoms with Crippen LogP contribution in [0.15, 0.2) is 48.5 Å². The van der Waals surface area contributed by atoms with Crippen molar-refractivity contribution >= 4 is 29.1 Å². The highest BCUT2D eigenvalue weighted by molar-refractivity contribution is 6.33. The Morgan fingerprint density at radius 2 is 1.87 bits per heavy atom. The number of benzene rings is 2. The van der Waals surface area contributed by atoms with Crippen molar-refractivity contribution in [3.63, 3.8) is 0 Å². The molecule has 23 heavy (non-hydrogen) atoms. The van der Waals surface area contributed by atoms with E-state index < -0.39 is 0 Å². The normalized spacial score (nSPS) is 17.4. The summed E-state index contributed by atoms with van der Waals surface area (Å²) in [6.07, 6.45) is 0.296. The van der Waals surface area contributed by atoms with E-state index in [-0.39, 0.29) is 17.9 Å². The van der Waals surface area contributed by atoms with Crippen LogP contribution >= 0.6 is 11.6 Å². The lowest BCUT2D eigenvalue weighted by Gasteiger charge is -2.17. The molecule has 5 heteroatoms. The van der Waals surface area contributed by atoms with Crippen molar-refractivity contribution in [2.75, 3.05) is 11.4 Å². The zero-order valence-electron chi connectivity index (χ0n) is 12.8. The average Bonchev–Trinajstić information content (AvgIpc) is 2.89. The molecule has 0 aromatic heterocycles. The van der Waals surface area contributed by atoms with Gasteiger partial charge in [-0.15, -0.1) is 0 Å². The first-order valence-corrected chi connectivity index (χ1v) is 7.85. The highest BCUT2D eigenvalue weighted by atomic mass is 35.5. The summed E-state index contributed by atoms with van der Waals surface area (Å²) >= 11 is 6.03. The molecule has 0 saturated carbocycles. The van der Waals surface area contributed by atoms with Crippen LogP contribution in [0.4, 0.5) is 5.69 Å². The summed E-state index contributed by atoms with van der Waals surface area (Å²) in [5, 5.41) is 3.30. The summed E-state index contributed by atoms with van der Waals surface area (Å²) in [4.78, 5) is 26.2. The van der Waals surface area contributed by atoms with Crippen molar-refractivity contribution in [1.82, 2.24) is 5.32 Å². The van der Waals surface area contributed by atoms with Crippen LogP contribution in [-0.4, -0.2) is 24.4 Å². The minimum absolute atomic E-state index is 0.0123. The van der Waals surface area contributed by atoms with Gasteiger partial charge < -0.3 is 10.2 Å². The third-order valence-electron chi connectivity index (χ3n) is 3.92. The van der Waals surface area contributed by atoms with Gasteiger partial charge in [-0.05, 0) is 31.2 Å². The van der Waals surface area contributed by atoms with Crippen molar-refractivity contribution in [3.05, 3.63) is 64.7 Å². The summed E-state index contributed by atoms with van der Waals surface area (Å²) in [5.41, 5.74) is 2.43. The number of nitrogens with one attached hydrogen (secondary N) is 1. The predicted octanol–water partition coefficient (Wildman–Crippen LogP) is 3.18. The molecule has 1 aliphatic heterocycles. The number of nitrogens with zero attached hydrogens (tertiary/aromatic N) is 1. The minimum atomic E-state index is -0.251. The molecule has 1 fully saturated rings. The molecule has 4 nitrogen and oxygen atoms in total. The van der Waals surface area contributed by atoms with Crippen molar-refractivity contribution in [1.29, 1.82) is 0 Å². The van der Waals surface area contributed by atoms with Gasteiger partial charge in [0.1, 0.15) is 0 Å². The number of hydrogen-bond donors (Lipinski definition) is 1. The Morgan fingerprint density at radius 1 is 1.17 bits per heavy atom. The van der Waals surface area contributed by atoms with Crippen molar-refractivity contribution in [2.24, 2.45) is 0 Å². The molecule has 1 atom stereocenters. The molecule has 2 aromatic rings. The minimum Gasteiger partial charge on any atom is -0.347 e. The van der Waals surface area contributed by atoms with Gasteiger partial charge in [-0.3, -0.25) is 9.59 Å². The maximum atomic E-state index is 12.3. The summed E-state index contributed by atoms with van der Waals surface area (Å²) in [6, 6.07) is 14.5. The molecule has 1 saturated heterocycles. The number of halogens is 1. The van der Waals surface area contributed by atoms with Gasteiger partial charge in [-0.25, -0.2) is 0 Å². The number of carbonyl (C=O) groups excluding carboxylic acids is 2. The monoisotopic (exact) mass is 328 g/mol. The number of aryl methyl sites for hydroxylation is 1. The number of hydrogen-bond acceptors (Lipinski definition) is 2. The van der Waals surface area contributed by atoms with Gasteiger partial charge >= 0.3 is 0 Å². The lowest BCUT2D eigenvalue weighted by molar-refractivity contribution is -0.117. The first-order chi connectivity index (χ1) is 11.0. The Hall–Kier alpha value is -2.33. The van der Waals surface area contributed by atoms with Crippen LogP contribution in [-0.2, 0) is 4.79 Å². The molecule has 1 aliphatic rings. The van der Waals surface area contributed by atoms with E-state index in [1.54, 1.807) is 29.2 Å². The zero-order chi connectivity index (χ0) is 16.4. The first kappa shape index (κ1) is 15.6.